The van der Waals surface area contributed by atoms with Gasteiger partial charge in [0.25, 0.3) is 0 Å². The summed E-state index contributed by atoms with van der Waals surface area (Å²) in [6.45, 7) is 8.31. The van der Waals surface area contributed by atoms with E-state index in [1.807, 2.05) is 6.92 Å². The van der Waals surface area contributed by atoms with Crippen LogP contribution in [-0.2, 0) is 26.2 Å². The molecule has 0 aromatic heterocycles. The first-order chi connectivity index (χ1) is 13.7. The number of esters is 1. The van der Waals surface area contributed by atoms with Crippen LogP contribution >= 0.6 is 0 Å². The van der Waals surface area contributed by atoms with Gasteiger partial charge in [-0.25, -0.2) is 4.79 Å². The molecule has 3 rings (SSSR count). The van der Waals surface area contributed by atoms with Gasteiger partial charge in [-0.05, 0) is 59.6 Å². The summed E-state index contributed by atoms with van der Waals surface area (Å²) in [6, 6.07) is 5.86. The number of ether oxygens (including phenoxy) is 1. The van der Waals surface area contributed by atoms with Gasteiger partial charge < -0.3 is 15.2 Å². The molecule has 4 atom stereocenters. The molecular weight excluding hydrogens is 366 g/mol. The molecule has 0 spiro atoms. The Morgan fingerprint density at radius 1 is 1.28 bits per heavy atom. The first kappa shape index (κ1) is 21.8. The molecule has 1 saturated carbocycles. The molecule has 0 radical (unpaired) electrons. The third kappa shape index (κ3) is 3.70. The lowest BCUT2D eigenvalue weighted by Crippen LogP contribution is -2.58. The van der Waals surface area contributed by atoms with Crippen LogP contribution in [-0.4, -0.2) is 36.7 Å². The van der Waals surface area contributed by atoms with Crippen molar-refractivity contribution < 1.29 is 19.4 Å². The van der Waals surface area contributed by atoms with Gasteiger partial charge in [0.2, 0.25) is 5.91 Å². The molecule has 0 saturated heterocycles. The van der Waals surface area contributed by atoms with Gasteiger partial charge in [-0.15, -0.1) is 0 Å². The van der Waals surface area contributed by atoms with Gasteiger partial charge in [0.05, 0.1) is 19.1 Å². The maximum Gasteiger partial charge on any atom is 0.330 e. The van der Waals surface area contributed by atoms with Gasteiger partial charge in [0.15, 0.2) is 6.04 Å². The molecule has 1 aromatic carbocycles. The minimum absolute atomic E-state index is 0.0621. The van der Waals surface area contributed by atoms with Gasteiger partial charge in [-0.1, -0.05) is 52.3 Å². The Balaban J connectivity index is 1.92. The predicted octanol–water partition coefficient (Wildman–Crippen LogP) is 3.47. The summed E-state index contributed by atoms with van der Waals surface area (Å²) < 4.78 is 4.71. The second-order valence-electron chi connectivity index (χ2n) is 9.58. The van der Waals surface area contributed by atoms with Crippen molar-refractivity contribution in [3.8, 4) is 0 Å². The van der Waals surface area contributed by atoms with Crippen molar-refractivity contribution in [2.45, 2.75) is 77.2 Å². The number of nitrogens with one attached hydrogen (secondary N) is 1. The third-order valence-corrected chi connectivity index (χ3v) is 7.54. The van der Waals surface area contributed by atoms with E-state index < -0.39 is 24.0 Å². The number of hydrogen-bond acceptors (Lipinski definition) is 4. The minimum atomic E-state index is -1.01. The van der Waals surface area contributed by atoms with Crippen LogP contribution < -0.4 is 5.32 Å². The first-order valence-corrected chi connectivity index (χ1v) is 10.8. The van der Waals surface area contributed by atoms with E-state index in [-0.39, 0.29) is 17.2 Å². The van der Waals surface area contributed by atoms with Gasteiger partial charge in [-0.3, -0.25) is 4.79 Å². The van der Waals surface area contributed by atoms with Gasteiger partial charge in [0, 0.05) is 0 Å². The Bertz CT molecular complexity index is 789. The molecule has 2 N–H and O–H groups in total. The van der Waals surface area contributed by atoms with E-state index in [2.05, 4.69) is 44.3 Å². The molecule has 160 valence electrons. The lowest BCUT2D eigenvalue weighted by Gasteiger charge is -2.54. The highest BCUT2D eigenvalue weighted by molar-refractivity contribution is 5.88. The van der Waals surface area contributed by atoms with E-state index in [0.717, 1.165) is 32.1 Å². The average Bonchev–Trinajstić information content (AvgIpc) is 2.70. The largest absolute Gasteiger partial charge is 0.467 e. The quantitative estimate of drug-likeness (QED) is 0.741. The summed E-state index contributed by atoms with van der Waals surface area (Å²) in [7, 11) is 1.26. The van der Waals surface area contributed by atoms with Crippen molar-refractivity contribution >= 4 is 11.9 Å². The van der Waals surface area contributed by atoms with Crippen molar-refractivity contribution in [1.82, 2.24) is 5.32 Å². The Morgan fingerprint density at radius 3 is 2.62 bits per heavy atom. The zero-order chi connectivity index (χ0) is 21.4. The average molecular weight is 402 g/mol. The molecule has 29 heavy (non-hydrogen) atoms. The highest BCUT2D eigenvalue weighted by Crippen LogP contribution is 2.57. The summed E-state index contributed by atoms with van der Waals surface area (Å²) in [5, 5.41) is 12.3. The Morgan fingerprint density at radius 2 is 2.00 bits per heavy atom. The van der Waals surface area contributed by atoms with Crippen LogP contribution in [0.2, 0.25) is 0 Å². The molecule has 1 aromatic rings. The fraction of sp³-hybridized carbons (Fsp3) is 0.667. The highest BCUT2D eigenvalue weighted by atomic mass is 16.5. The molecular formula is C24H35NO4. The second kappa shape index (κ2) is 8.10. The summed E-state index contributed by atoms with van der Waals surface area (Å²) >= 11 is 0. The van der Waals surface area contributed by atoms with Crippen molar-refractivity contribution in [2.24, 2.45) is 11.3 Å². The fourth-order valence-electron chi connectivity index (χ4n) is 5.79. The standard InChI is InChI=1S/C24H35NO4/c1-15(2)16-7-9-18-17(13-16)8-10-20-23(18,3)11-6-12-24(20,4)22(28)25-19(14-26)21(27)29-5/h7,9,13,15,19-20,26H,6,8,10-12,14H2,1-5H3,(H,25,28)/t19-,20-,23-,24-/m1/s1. The van der Waals surface area contributed by atoms with Crippen LogP contribution in [0.4, 0.5) is 0 Å². The van der Waals surface area contributed by atoms with E-state index in [0.29, 0.717) is 5.92 Å². The normalized spacial score (nSPS) is 29.6. The molecule has 2 aliphatic rings. The van der Waals surface area contributed by atoms with Crippen molar-refractivity contribution in [3.05, 3.63) is 34.9 Å². The number of rotatable bonds is 5. The van der Waals surface area contributed by atoms with Gasteiger partial charge >= 0.3 is 5.97 Å². The van der Waals surface area contributed by atoms with Crippen LogP contribution in [0, 0.1) is 11.3 Å². The fourth-order valence-corrected chi connectivity index (χ4v) is 5.79. The van der Waals surface area contributed by atoms with Gasteiger partial charge in [0.1, 0.15) is 0 Å². The van der Waals surface area contributed by atoms with Crippen LogP contribution in [0.1, 0.15) is 76.0 Å². The SMILES string of the molecule is COC(=O)[C@@H](CO)NC(=O)[C@]1(C)CCC[C@]2(C)c3ccc(C(C)C)cc3CC[C@@H]12. The van der Waals surface area contributed by atoms with E-state index in [4.69, 9.17) is 4.74 Å². The summed E-state index contributed by atoms with van der Waals surface area (Å²) in [6.07, 6.45) is 4.74. The number of benzene rings is 1. The number of aryl methyl sites for hydroxylation is 1. The van der Waals surface area contributed by atoms with Crippen molar-refractivity contribution in [3.63, 3.8) is 0 Å². The van der Waals surface area contributed by atoms with Crippen LogP contribution in [0.15, 0.2) is 18.2 Å². The van der Waals surface area contributed by atoms with E-state index >= 15 is 0 Å². The van der Waals surface area contributed by atoms with Crippen LogP contribution in [0.3, 0.4) is 0 Å². The highest BCUT2D eigenvalue weighted by Gasteiger charge is 2.55. The number of aliphatic hydroxyl groups excluding tert-OH is 1. The second-order valence-corrected chi connectivity index (χ2v) is 9.58. The molecule has 2 aliphatic carbocycles. The smallest absolute Gasteiger partial charge is 0.330 e. The number of hydrogen-bond donors (Lipinski definition) is 2. The summed E-state index contributed by atoms with van der Waals surface area (Å²) in [4.78, 5) is 25.2. The van der Waals surface area contributed by atoms with E-state index in [1.165, 1.54) is 23.8 Å². The zero-order valence-electron chi connectivity index (χ0n) is 18.4. The van der Waals surface area contributed by atoms with Crippen LogP contribution in [0.5, 0.6) is 0 Å². The molecule has 0 heterocycles. The predicted molar refractivity (Wildman–Crippen MR) is 113 cm³/mol. The number of fused-ring (bicyclic) bond motifs is 3. The maximum absolute atomic E-state index is 13.3. The zero-order valence-corrected chi connectivity index (χ0v) is 18.4. The lowest BCUT2D eigenvalue weighted by atomic mass is 9.49. The number of amides is 1. The summed E-state index contributed by atoms with van der Waals surface area (Å²) in [5.74, 6) is -0.0709. The molecule has 0 unspecified atom stereocenters. The molecule has 1 fully saturated rings. The number of methoxy groups -OCH3 is 1. The third-order valence-electron chi connectivity index (χ3n) is 7.54. The van der Waals surface area contributed by atoms with Crippen LogP contribution in [0.25, 0.3) is 0 Å². The monoisotopic (exact) mass is 401 g/mol. The molecule has 5 heteroatoms. The number of carbonyl (C=O) groups excluding carboxylic acids is 2. The molecule has 1 amide bonds. The van der Waals surface area contributed by atoms with Crippen molar-refractivity contribution in [1.29, 1.82) is 0 Å². The Labute approximate surface area is 174 Å². The first-order valence-electron chi connectivity index (χ1n) is 10.8. The Kier molecular flexibility index (Phi) is 6.09. The molecule has 5 nitrogen and oxygen atoms in total. The van der Waals surface area contributed by atoms with Crippen molar-refractivity contribution in [2.75, 3.05) is 13.7 Å². The maximum atomic E-state index is 13.3. The van der Waals surface area contributed by atoms with E-state index in [1.54, 1.807) is 0 Å². The summed E-state index contributed by atoms with van der Waals surface area (Å²) in [5.41, 5.74) is 3.52. The number of carbonyl (C=O) groups is 2. The molecule has 0 bridgehead atoms. The molecule has 0 aliphatic heterocycles. The number of aliphatic hydroxyl groups is 1. The minimum Gasteiger partial charge on any atom is -0.467 e. The van der Waals surface area contributed by atoms with Gasteiger partial charge in [-0.2, -0.15) is 0 Å². The lowest BCUT2D eigenvalue weighted by molar-refractivity contribution is -0.150. The topological polar surface area (TPSA) is 75.6 Å². The van der Waals surface area contributed by atoms with E-state index in [9.17, 15) is 14.7 Å². The Hall–Kier alpha value is -1.88.